The molecule has 27 heavy (non-hydrogen) atoms. The molecule has 1 N–H and O–H groups in total. The first-order chi connectivity index (χ1) is 13.0. The second kappa shape index (κ2) is 6.83. The molecule has 4 rings (SSSR count). The van der Waals surface area contributed by atoms with Crippen LogP contribution in [0.5, 0.6) is 17.2 Å². The number of carbonyl (C=O) groups excluding carboxylic acids is 2. The highest BCUT2D eigenvalue weighted by Gasteiger charge is 2.30. The quantitative estimate of drug-likeness (QED) is 0.900. The van der Waals surface area contributed by atoms with E-state index >= 15 is 0 Å². The number of carbonyl (C=O) groups is 2. The summed E-state index contributed by atoms with van der Waals surface area (Å²) >= 11 is 0. The molecular weight excluding hydrogens is 348 g/mol. The summed E-state index contributed by atoms with van der Waals surface area (Å²) in [7, 11) is 1.70. The highest BCUT2D eigenvalue weighted by atomic mass is 16.6. The third kappa shape index (κ3) is 3.28. The van der Waals surface area contributed by atoms with Crippen LogP contribution in [0.1, 0.15) is 17.3 Å². The predicted molar refractivity (Wildman–Crippen MR) is 98.5 cm³/mol. The Balaban J connectivity index is 1.49. The Morgan fingerprint density at radius 2 is 1.93 bits per heavy atom. The molecule has 140 valence electrons. The predicted octanol–water partition coefficient (Wildman–Crippen LogP) is 2.32. The van der Waals surface area contributed by atoms with Gasteiger partial charge >= 0.3 is 0 Å². The maximum atomic E-state index is 13.0. The van der Waals surface area contributed by atoms with E-state index < -0.39 is 6.10 Å². The lowest BCUT2D eigenvalue weighted by molar-refractivity contribution is -0.122. The molecule has 0 saturated carbocycles. The Labute approximate surface area is 156 Å². The van der Waals surface area contributed by atoms with Gasteiger partial charge in [-0.15, -0.1) is 0 Å². The smallest absolute Gasteiger partial charge is 0.265 e. The summed E-state index contributed by atoms with van der Waals surface area (Å²) < 4.78 is 17.3. The lowest BCUT2D eigenvalue weighted by atomic mass is 10.1. The summed E-state index contributed by atoms with van der Waals surface area (Å²) in [5.74, 6) is 1.33. The standard InChI is InChI=1S/C20H20N2O5/c1-12-19(23)21-15-7-5-6-14(18(15)26-12)20(24)22(2)10-13-11-25-16-8-3-4-9-17(16)27-13/h3-9,12-13H,10-11H2,1-2H3,(H,21,23). The van der Waals surface area contributed by atoms with Crippen LogP contribution in [-0.4, -0.2) is 49.1 Å². The van der Waals surface area contributed by atoms with E-state index in [-0.39, 0.29) is 17.9 Å². The van der Waals surface area contributed by atoms with Crippen LogP contribution in [0.25, 0.3) is 0 Å². The highest BCUT2D eigenvalue weighted by molar-refractivity contribution is 6.03. The molecule has 0 spiro atoms. The van der Waals surface area contributed by atoms with E-state index in [1.807, 2.05) is 24.3 Å². The Hall–Kier alpha value is -3.22. The third-order valence-electron chi connectivity index (χ3n) is 4.56. The van der Waals surface area contributed by atoms with Crippen LogP contribution in [0.15, 0.2) is 42.5 Å². The van der Waals surface area contributed by atoms with Gasteiger partial charge in [-0.3, -0.25) is 9.59 Å². The number of nitrogens with one attached hydrogen (secondary N) is 1. The van der Waals surface area contributed by atoms with Crippen molar-refractivity contribution in [1.29, 1.82) is 0 Å². The number of rotatable bonds is 3. The molecule has 2 heterocycles. The van der Waals surface area contributed by atoms with E-state index in [0.717, 1.165) is 0 Å². The molecule has 2 aliphatic heterocycles. The number of benzene rings is 2. The Kier molecular flexibility index (Phi) is 4.35. The molecule has 2 aromatic rings. The van der Waals surface area contributed by atoms with Gasteiger partial charge in [0.25, 0.3) is 11.8 Å². The zero-order valence-electron chi connectivity index (χ0n) is 15.1. The van der Waals surface area contributed by atoms with Gasteiger partial charge in [0, 0.05) is 7.05 Å². The van der Waals surface area contributed by atoms with E-state index in [1.54, 1.807) is 37.1 Å². The van der Waals surface area contributed by atoms with Crippen LogP contribution in [0.2, 0.25) is 0 Å². The van der Waals surface area contributed by atoms with Gasteiger partial charge in [0.2, 0.25) is 0 Å². The molecule has 7 nitrogen and oxygen atoms in total. The molecule has 2 unspecified atom stereocenters. The Morgan fingerprint density at radius 3 is 2.74 bits per heavy atom. The van der Waals surface area contributed by atoms with Gasteiger partial charge in [0.05, 0.1) is 17.8 Å². The number of amides is 2. The van der Waals surface area contributed by atoms with Crippen molar-refractivity contribution >= 4 is 17.5 Å². The van der Waals surface area contributed by atoms with Gasteiger partial charge in [0.15, 0.2) is 29.5 Å². The van der Waals surface area contributed by atoms with Crippen LogP contribution < -0.4 is 19.5 Å². The van der Waals surface area contributed by atoms with Gasteiger partial charge in [0.1, 0.15) is 6.61 Å². The average molecular weight is 368 g/mol. The molecule has 2 aliphatic rings. The SMILES string of the molecule is CC1Oc2c(cccc2C(=O)N(C)CC2COc3ccccc3O2)NC1=O. The zero-order chi connectivity index (χ0) is 19.0. The lowest BCUT2D eigenvalue weighted by Crippen LogP contribution is -2.42. The molecule has 0 radical (unpaired) electrons. The van der Waals surface area contributed by atoms with Crippen molar-refractivity contribution in [2.75, 3.05) is 25.5 Å². The lowest BCUT2D eigenvalue weighted by Gasteiger charge is -2.30. The number of fused-ring (bicyclic) bond motifs is 2. The van der Waals surface area contributed by atoms with Crippen LogP contribution in [0, 0.1) is 0 Å². The number of hydrogen-bond acceptors (Lipinski definition) is 5. The monoisotopic (exact) mass is 368 g/mol. The summed E-state index contributed by atoms with van der Waals surface area (Å²) in [5.41, 5.74) is 0.905. The van der Waals surface area contributed by atoms with Gasteiger partial charge in [-0.1, -0.05) is 18.2 Å². The molecule has 7 heteroatoms. The second-order valence-electron chi connectivity index (χ2n) is 6.61. The van der Waals surface area contributed by atoms with Gasteiger partial charge in [-0.2, -0.15) is 0 Å². The summed E-state index contributed by atoms with van der Waals surface area (Å²) in [5, 5.41) is 2.76. The van der Waals surface area contributed by atoms with Crippen LogP contribution in [0.4, 0.5) is 5.69 Å². The average Bonchev–Trinajstić information content (AvgIpc) is 2.68. The molecule has 0 bridgehead atoms. The van der Waals surface area contributed by atoms with Crippen molar-refractivity contribution in [2.45, 2.75) is 19.1 Å². The fourth-order valence-electron chi connectivity index (χ4n) is 3.14. The van der Waals surface area contributed by atoms with Gasteiger partial charge in [-0.25, -0.2) is 0 Å². The van der Waals surface area contributed by atoms with Crippen LogP contribution in [-0.2, 0) is 4.79 Å². The van der Waals surface area contributed by atoms with E-state index in [1.165, 1.54) is 0 Å². The topological polar surface area (TPSA) is 77.1 Å². The first-order valence-electron chi connectivity index (χ1n) is 8.77. The number of ether oxygens (including phenoxy) is 3. The highest BCUT2D eigenvalue weighted by Crippen LogP contribution is 2.34. The van der Waals surface area contributed by atoms with Crippen molar-refractivity contribution in [3.05, 3.63) is 48.0 Å². The minimum absolute atomic E-state index is 0.211. The van der Waals surface area contributed by atoms with Crippen LogP contribution >= 0.6 is 0 Å². The van der Waals surface area contributed by atoms with Crippen LogP contribution in [0.3, 0.4) is 0 Å². The minimum Gasteiger partial charge on any atom is -0.486 e. The normalized spacial score (nSPS) is 20.1. The molecule has 2 aromatic carbocycles. The van der Waals surface area contributed by atoms with Crippen molar-refractivity contribution in [1.82, 2.24) is 4.90 Å². The van der Waals surface area contributed by atoms with Crippen molar-refractivity contribution in [2.24, 2.45) is 0 Å². The van der Waals surface area contributed by atoms with Crippen molar-refractivity contribution in [3.63, 3.8) is 0 Å². The molecule has 0 saturated heterocycles. The van der Waals surface area contributed by atoms with E-state index in [4.69, 9.17) is 14.2 Å². The number of likely N-dealkylation sites (N-methyl/N-ethyl adjacent to an activating group) is 1. The maximum absolute atomic E-state index is 13.0. The Bertz CT molecular complexity index is 898. The first kappa shape index (κ1) is 17.2. The summed E-state index contributed by atoms with van der Waals surface area (Å²) in [6.07, 6.45) is -0.920. The molecule has 0 aromatic heterocycles. The zero-order valence-corrected chi connectivity index (χ0v) is 15.1. The molecule has 2 amide bonds. The molecule has 0 fully saturated rings. The summed E-state index contributed by atoms with van der Waals surface area (Å²) in [4.78, 5) is 26.3. The van der Waals surface area contributed by atoms with E-state index in [2.05, 4.69) is 5.32 Å². The fraction of sp³-hybridized carbons (Fsp3) is 0.300. The van der Waals surface area contributed by atoms with Gasteiger partial charge < -0.3 is 24.4 Å². The van der Waals surface area contributed by atoms with E-state index in [9.17, 15) is 9.59 Å². The molecule has 2 atom stereocenters. The summed E-state index contributed by atoms with van der Waals surface area (Å²) in [6.45, 7) is 2.37. The fourth-order valence-corrected chi connectivity index (χ4v) is 3.14. The number of para-hydroxylation sites is 3. The van der Waals surface area contributed by atoms with E-state index in [0.29, 0.717) is 41.7 Å². The number of anilines is 1. The minimum atomic E-state index is -0.650. The second-order valence-corrected chi connectivity index (χ2v) is 6.61. The number of hydrogen-bond donors (Lipinski definition) is 1. The Morgan fingerprint density at radius 1 is 1.15 bits per heavy atom. The van der Waals surface area contributed by atoms with Crippen molar-refractivity contribution < 1.29 is 23.8 Å². The first-order valence-corrected chi connectivity index (χ1v) is 8.77. The molecule has 0 aliphatic carbocycles. The number of nitrogens with zero attached hydrogens (tertiary/aromatic N) is 1. The third-order valence-corrected chi connectivity index (χ3v) is 4.56. The maximum Gasteiger partial charge on any atom is 0.265 e. The largest absolute Gasteiger partial charge is 0.486 e. The van der Waals surface area contributed by atoms with Gasteiger partial charge in [-0.05, 0) is 31.2 Å². The van der Waals surface area contributed by atoms with Crippen molar-refractivity contribution in [3.8, 4) is 17.2 Å². The summed E-state index contributed by atoms with van der Waals surface area (Å²) in [6, 6.07) is 12.6. The molecular formula is C20H20N2O5.